The molecule has 3 aromatic carbocycles. The van der Waals surface area contributed by atoms with Crippen LogP contribution in [0.4, 0.5) is 4.39 Å². The van der Waals surface area contributed by atoms with Crippen molar-refractivity contribution in [1.29, 1.82) is 0 Å². The second kappa shape index (κ2) is 10.7. The highest BCUT2D eigenvalue weighted by atomic mass is 35.5. The summed E-state index contributed by atoms with van der Waals surface area (Å²) in [4.78, 5) is 12.0. The molecule has 0 fully saturated rings. The first-order valence-corrected chi connectivity index (χ1v) is 9.96. The predicted molar refractivity (Wildman–Crippen MR) is 117 cm³/mol. The highest BCUT2D eigenvalue weighted by Crippen LogP contribution is 2.40. The second-order valence-corrected chi connectivity index (χ2v) is 7.02. The molecule has 3 rings (SSSR count). The molecule has 0 aromatic heterocycles. The number of methoxy groups -OCH3 is 3. The van der Waals surface area contributed by atoms with Crippen molar-refractivity contribution in [3.63, 3.8) is 0 Å². The van der Waals surface area contributed by atoms with Crippen molar-refractivity contribution in [2.24, 2.45) is 0 Å². The van der Waals surface area contributed by atoms with Gasteiger partial charge in [0.25, 0.3) is 0 Å². The largest absolute Gasteiger partial charge is 0.497 e. The van der Waals surface area contributed by atoms with E-state index in [1.54, 1.807) is 38.5 Å². The van der Waals surface area contributed by atoms with Gasteiger partial charge in [0.2, 0.25) is 0 Å². The van der Waals surface area contributed by atoms with Crippen molar-refractivity contribution in [3.05, 3.63) is 82.1 Å². The van der Waals surface area contributed by atoms with Crippen LogP contribution in [0, 0.1) is 5.82 Å². The van der Waals surface area contributed by atoms with Crippen LogP contribution >= 0.6 is 11.6 Å². The highest BCUT2D eigenvalue weighted by molar-refractivity contribution is 6.35. The molecule has 0 amide bonds. The molecule has 0 heterocycles. The van der Waals surface area contributed by atoms with Crippen molar-refractivity contribution < 1.29 is 32.9 Å². The zero-order valence-electron chi connectivity index (χ0n) is 17.8. The maximum absolute atomic E-state index is 14.6. The molecule has 0 aliphatic rings. The Morgan fingerprint density at radius 2 is 1.34 bits per heavy atom. The van der Waals surface area contributed by atoms with E-state index < -0.39 is 17.3 Å². The van der Waals surface area contributed by atoms with Gasteiger partial charge in [-0.1, -0.05) is 35.9 Å². The van der Waals surface area contributed by atoms with Gasteiger partial charge in [-0.15, -0.1) is 0 Å². The van der Waals surface area contributed by atoms with Crippen molar-refractivity contribution in [2.45, 2.75) is 13.2 Å². The lowest BCUT2D eigenvalue weighted by Crippen LogP contribution is -2.09. The third kappa shape index (κ3) is 5.42. The predicted octanol–water partition coefficient (Wildman–Crippen LogP) is 5.44. The molecule has 6 nitrogen and oxygen atoms in total. The monoisotopic (exact) mass is 460 g/mol. The Hall–Kier alpha value is -3.45. The Morgan fingerprint density at radius 1 is 0.844 bits per heavy atom. The minimum Gasteiger partial charge on any atom is -0.497 e. The number of carbonyl (C=O) groups excluding carboxylic acids is 1. The van der Waals surface area contributed by atoms with Gasteiger partial charge in [-0.25, -0.2) is 9.18 Å². The van der Waals surface area contributed by atoms with Crippen molar-refractivity contribution in [2.75, 3.05) is 21.3 Å². The van der Waals surface area contributed by atoms with Gasteiger partial charge in [-0.05, 0) is 35.4 Å². The molecular formula is C24H22ClFO6. The number of hydrogen-bond acceptors (Lipinski definition) is 6. The van der Waals surface area contributed by atoms with Gasteiger partial charge in [0.1, 0.15) is 41.1 Å². The fourth-order valence-electron chi connectivity index (χ4n) is 2.87. The average Bonchev–Trinajstić information content (AvgIpc) is 2.82. The van der Waals surface area contributed by atoms with E-state index in [9.17, 15) is 9.18 Å². The summed E-state index contributed by atoms with van der Waals surface area (Å²) in [6.07, 6.45) is 0. The quantitative estimate of drug-likeness (QED) is 0.396. The number of esters is 1. The van der Waals surface area contributed by atoms with Crippen LogP contribution < -0.4 is 18.9 Å². The molecule has 0 saturated heterocycles. The third-order valence-corrected chi connectivity index (χ3v) is 4.99. The highest BCUT2D eigenvalue weighted by Gasteiger charge is 2.25. The molecule has 0 N–H and O–H groups in total. The van der Waals surface area contributed by atoms with Crippen LogP contribution in [0.1, 0.15) is 21.5 Å². The Labute approximate surface area is 190 Å². The van der Waals surface area contributed by atoms with Gasteiger partial charge in [-0.3, -0.25) is 0 Å². The fraction of sp³-hybridized carbons (Fsp3) is 0.208. The molecule has 0 aliphatic heterocycles. The Balaban J connectivity index is 1.88. The second-order valence-electron chi connectivity index (χ2n) is 6.64. The molecular weight excluding hydrogens is 439 g/mol. The lowest BCUT2D eigenvalue weighted by molar-refractivity contribution is 0.0595. The number of benzene rings is 3. The van der Waals surface area contributed by atoms with Crippen LogP contribution in [0.25, 0.3) is 0 Å². The van der Waals surface area contributed by atoms with Crippen LogP contribution in [-0.4, -0.2) is 27.3 Å². The molecule has 0 spiro atoms. The molecule has 3 aromatic rings. The van der Waals surface area contributed by atoms with E-state index >= 15 is 0 Å². The van der Waals surface area contributed by atoms with Crippen LogP contribution in [0.3, 0.4) is 0 Å². The Kier molecular flexibility index (Phi) is 7.78. The topological polar surface area (TPSA) is 63.2 Å². The zero-order valence-corrected chi connectivity index (χ0v) is 18.6. The summed E-state index contributed by atoms with van der Waals surface area (Å²) >= 11 is 6.35. The maximum Gasteiger partial charge on any atom is 0.342 e. The van der Waals surface area contributed by atoms with E-state index in [-0.39, 0.29) is 29.7 Å². The maximum atomic E-state index is 14.6. The molecule has 0 saturated carbocycles. The Bertz CT molecular complexity index is 1070. The summed E-state index contributed by atoms with van der Waals surface area (Å²) in [5, 5.41) is -0.227. The number of halogens is 2. The lowest BCUT2D eigenvalue weighted by atomic mass is 10.1. The molecule has 0 unspecified atom stereocenters. The van der Waals surface area contributed by atoms with E-state index in [1.165, 1.54) is 0 Å². The van der Waals surface area contributed by atoms with E-state index in [0.29, 0.717) is 11.5 Å². The van der Waals surface area contributed by atoms with Gasteiger partial charge >= 0.3 is 5.97 Å². The molecule has 0 aliphatic carbocycles. The van der Waals surface area contributed by atoms with Crippen molar-refractivity contribution in [1.82, 2.24) is 0 Å². The SMILES string of the molecule is COC(=O)c1c(F)cc(OCc2ccc(OC)cc2)c(OCc2ccc(OC)cc2)c1Cl. The average molecular weight is 461 g/mol. The number of hydrogen-bond donors (Lipinski definition) is 0. The number of rotatable bonds is 9. The summed E-state index contributed by atoms with van der Waals surface area (Å²) in [6.45, 7) is 0.227. The molecule has 168 valence electrons. The molecule has 0 bridgehead atoms. The van der Waals surface area contributed by atoms with E-state index in [2.05, 4.69) is 4.74 Å². The van der Waals surface area contributed by atoms with Gasteiger partial charge < -0.3 is 23.7 Å². The molecule has 8 heteroatoms. The van der Waals surface area contributed by atoms with Crippen molar-refractivity contribution >= 4 is 17.6 Å². The smallest absolute Gasteiger partial charge is 0.342 e. The normalized spacial score (nSPS) is 10.4. The van der Waals surface area contributed by atoms with Gasteiger partial charge in [0, 0.05) is 6.07 Å². The summed E-state index contributed by atoms with van der Waals surface area (Å²) < 4.78 is 41.2. The molecule has 0 atom stereocenters. The minimum atomic E-state index is -0.913. The first-order valence-electron chi connectivity index (χ1n) is 9.58. The standard InChI is InChI=1S/C24H22ClFO6/c1-28-17-8-4-15(5-9-17)13-31-20-12-19(26)21(24(27)30-3)22(25)23(20)32-14-16-6-10-18(29-2)11-7-16/h4-12H,13-14H2,1-3H3. The van der Waals surface area contributed by atoms with Crippen LogP contribution in [0.5, 0.6) is 23.0 Å². The number of ether oxygens (including phenoxy) is 5. The first-order chi connectivity index (χ1) is 15.5. The third-order valence-electron chi connectivity index (χ3n) is 4.62. The number of carbonyl (C=O) groups is 1. The summed E-state index contributed by atoms with van der Waals surface area (Å²) in [6, 6.07) is 15.5. The summed E-state index contributed by atoms with van der Waals surface area (Å²) in [5.41, 5.74) is 1.21. The van der Waals surface area contributed by atoms with E-state index in [1.807, 2.05) is 24.3 Å². The van der Waals surface area contributed by atoms with Gasteiger partial charge in [-0.2, -0.15) is 0 Å². The van der Waals surface area contributed by atoms with Crippen LogP contribution in [-0.2, 0) is 18.0 Å². The molecule has 32 heavy (non-hydrogen) atoms. The summed E-state index contributed by atoms with van der Waals surface area (Å²) in [7, 11) is 4.29. The van der Waals surface area contributed by atoms with Crippen molar-refractivity contribution in [3.8, 4) is 23.0 Å². The van der Waals surface area contributed by atoms with E-state index in [0.717, 1.165) is 24.3 Å². The van der Waals surface area contributed by atoms with Gasteiger partial charge in [0.15, 0.2) is 11.5 Å². The van der Waals surface area contributed by atoms with Crippen LogP contribution in [0.2, 0.25) is 5.02 Å². The first kappa shape index (κ1) is 23.2. The minimum absolute atomic E-state index is 0.0396. The lowest BCUT2D eigenvalue weighted by Gasteiger charge is -2.17. The zero-order chi connectivity index (χ0) is 23.1. The summed E-state index contributed by atoms with van der Waals surface area (Å²) in [5.74, 6) is -0.284. The fourth-order valence-corrected chi connectivity index (χ4v) is 3.19. The van der Waals surface area contributed by atoms with Gasteiger partial charge in [0.05, 0.1) is 21.3 Å². The van der Waals surface area contributed by atoms with E-state index in [4.69, 9.17) is 30.5 Å². The Morgan fingerprint density at radius 3 is 1.81 bits per heavy atom. The van der Waals surface area contributed by atoms with Crippen LogP contribution in [0.15, 0.2) is 54.6 Å². The molecule has 0 radical (unpaired) electrons.